The lowest BCUT2D eigenvalue weighted by Crippen LogP contribution is -2.21. The van der Waals surface area contributed by atoms with Gasteiger partial charge in [0.05, 0.1) is 18.8 Å². The second-order valence-electron chi connectivity index (χ2n) is 7.61. The van der Waals surface area contributed by atoms with Gasteiger partial charge < -0.3 is 8.98 Å². The lowest BCUT2D eigenvalue weighted by atomic mass is 10.2. The van der Waals surface area contributed by atoms with Crippen molar-refractivity contribution in [2.45, 2.75) is 36.8 Å². The number of rotatable bonds is 8. The molecule has 5 rings (SSSR count). The van der Waals surface area contributed by atoms with Gasteiger partial charge in [0, 0.05) is 5.56 Å². The average molecular weight is 433 g/mol. The molecular weight excluding hydrogens is 408 g/mol. The van der Waals surface area contributed by atoms with E-state index in [4.69, 9.17) is 4.42 Å². The van der Waals surface area contributed by atoms with E-state index in [-0.39, 0.29) is 0 Å². The third kappa shape index (κ3) is 4.86. The first-order valence-corrected chi connectivity index (χ1v) is 11.5. The molecule has 0 aliphatic carbocycles. The molecule has 1 saturated heterocycles. The Bertz CT molecular complexity index is 1110. The normalized spacial score (nSPS) is 14.3. The first kappa shape index (κ1) is 20.0. The highest BCUT2D eigenvalue weighted by Crippen LogP contribution is 2.25. The molecule has 31 heavy (non-hydrogen) atoms. The minimum atomic E-state index is 0.539. The molecule has 8 heteroatoms. The van der Waals surface area contributed by atoms with Crippen LogP contribution in [-0.4, -0.2) is 43.0 Å². The van der Waals surface area contributed by atoms with Crippen molar-refractivity contribution in [1.29, 1.82) is 0 Å². The zero-order valence-electron chi connectivity index (χ0n) is 17.2. The maximum atomic E-state index is 5.86. The Morgan fingerprint density at radius 1 is 0.806 bits per heavy atom. The summed E-state index contributed by atoms with van der Waals surface area (Å²) in [6, 6.07) is 20.3. The van der Waals surface area contributed by atoms with Crippen LogP contribution in [0.1, 0.15) is 30.1 Å². The number of likely N-dealkylation sites (tertiary alicyclic amines) is 1. The second-order valence-corrected chi connectivity index (χ2v) is 8.55. The summed E-state index contributed by atoms with van der Waals surface area (Å²) in [5.41, 5.74) is 2.15. The lowest BCUT2D eigenvalue weighted by molar-refractivity contribution is 0.316. The van der Waals surface area contributed by atoms with E-state index < -0.39 is 0 Å². The molecule has 2 aromatic carbocycles. The van der Waals surface area contributed by atoms with E-state index in [0.29, 0.717) is 17.5 Å². The SMILES string of the molecule is c1ccc(Cn2c(CN3CCCC3)nnc2SCc2nnc(-c3ccccc3)o2)cc1. The molecular formula is C23H24N6OS. The Morgan fingerprint density at radius 2 is 1.55 bits per heavy atom. The van der Waals surface area contributed by atoms with Gasteiger partial charge in [0.1, 0.15) is 5.82 Å². The summed E-state index contributed by atoms with van der Waals surface area (Å²) in [5.74, 6) is 2.68. The molecule has 158 valence electrons. The van der Waals surface area contributed by atoms with Crippen LogP contribution in [0, 0.1) is 0 Å². The van der Waals surface area contributed by atoms with Crippen LogP contribution in [-0.2, 0) is 18.8 Å². The molecule has 0 saturated carbocycles. The molecule has 0 unspecified atom stereocenters. The van der Waals surface area contributed by atoms with Crippen molar-refractivity contribution in [2.75, 3.05) is 13.1 Å². The van der Waals surface area contributed by atoms with Gasteiger partial charge >= 0.3 is 0 Å². The predicted molar refractivity (Wildman–Crippen MR) is 119 cm³/mol. The van der Waals surface area contributed by atoms with Crippen LogP contribution < -0.4 is 0 Å². The van der Waals surface area contributed by atoms with Crippen LogP contribution in [0.25, 0.3) is 11.5 Å². The Kier molecular flexibility index (Phi) is 6.08. The maximum absolute atomic E-state index is 5.86. The minimum Gasteiger partial charge on any atom is -0.420 e. The topological polar surface area (TPSA) is 72.9 Å². The molecule has 0 spiro atoms. The van der Waals surface area contributed by atoms with Gasteiger partial charge in [-0.2, -0.15) is 0 Å². The number of benzene rings is 2. The van der Waals surface area contributed by atoms with Crippen LogP contribution in [0.2, 0.25) is 0 Å². The van der Waals surface area contributed by atoms with Gasteiger partial charge in [0.25, 0.3) is 0 Å². The van der Waals surface area contributed by atoms with E-state index in [0.717, 1.165) is 42.7 Å². The molecule has 3 heterocycles. The molecule has 4 aromatic rings. The Hall–Kier alpha value is -2.97. The highest BCUT2D eigenvalue weighted by molar-refractivity contribution is 7.98. The third-order valence-electron chi connectivity index (χ3n) is 5.35. The molecule has 1 fully saturated rings. The van der Waals surface area contributed by atoms with Crippen molar-refractivity contribution in [3.05, 3.63) is 77.9 Å². The van der Waals surface area contributed by atoms with Crippen molar-refractivity contribution >= 4 is 11.8 Å². The van der Waals surface area contributed by atoms with Crippen molar-refractivity contribution < 1.29 is 4.42 Å². The van der Waals surface area contributed by atoms with Crippen molar-refractivity contribution in [2.24, 2.45) is 0 Å². The van der Waals surface area contributed by atoms with E-state index in [1.807, 2.05) is 36.4 Å². The first-order chi connectivity index (χ1) is 15.3. The van der Waals surface area contributed by atoms with Crippen LogP contribution >= 0.6 is 11.8 Å². The van der Waals surface area contributed by atoms with Crippen LogP contribution in [0.5, 0.6) is 0 Å². The first-order valence-electron chi connectivity index (χ1n) is 10.5. The fourth-order valence-electron chi connectivity index (χ4n) is 3.74. The van der Waals surface area contributed by atoms with Gasteiger partial charge in [-0.05, 0) is 43.6 Å². The third-order valence-corrected chi connectivity index (χ3v) is 6.30. The Morgan fingerprint density at radius 3 is 2.32 bits per heavy atom. The number of thioether (sulfide) groups is 1. The molecule has 0 N–H and O–H groups in total. The lowest BCUT2D eigenvalue weighted by Gasteiger charge is -2.16. The number of nitrogens with zero attached hydrogens (tertiary/aromatic N) is 6. The summed E-state index contributed by atoms with van der Waals surface area (Å²) < 4.78 is 8.07. The minimum absolute atomic E-state index is 0.539. The van der Waals surface area contributed by atoms with Gasteiger partial charge in [-0.25, -0.2) is 0 Å². The molecule has 0 atom stereocenters. The highest BCUT2D eigenvalue weighted by atomic mass is 32.2. The van der Waals surface area contributed by atoms with Gasteiger partial charge in [-0.1, -0.05) is 60.3 Å². The van der Waals surface area contributed by atoms with Crippen LogP contribution in [0.15, 0.2) is 70.2 Å². The summed E-state index contributed by atoms with van der Waals surface area (Å²) in [5, 5.41) is 18.3. The summed E-state index contributed by atoms with van der Waals surface area (Å²) in [4.78, 5) is 2.45. The number of hydrogen-bond donors (Lipinski definition) is 0. The summed E-state index contributed by atoms with van der Waals surface area (Å²) in [6.07, 6.45) is 2.52. The van der Waals surface area contributed by atoms with Crippen LogP contribution in [0.3, 0.4) is 0 Å². The van der Waals surface area contributed by atoms with Crippen molar-refractivity contribution in [3.8, 4) is 11.5 Å². The monoisotopic (exact) mass is 432 g/mol. The van der Waals surface area contributed by atoms with E-state index in [1.165, 1.54) is 18.4 Å². The Labute approximate surface area is 185 Å². The fourth-order valence-corrected chi connectivity index (χ4v) is 4.54. The van der Waals surface area contributed by atoms with E-state index in [9.17, 15) is 0 Å². The smallest absolute Gasteiger partial charge is 0.247 e. The van der Waals surface area contributed by atoms with Gasteiger partial charge in [0.15, 0.2) is 5.16 Å². The molecule has 7 nitrogen and oxygen atoms in total. The van der Waals surface area contributed by atoms with E-state index >= 15 is 0 Å². The molecule has 0 radical (unpaired) electrons. The largest absolute Gasteiger partial charge is 0.420 e. The van der Waals surface area contributed by atoms with Crippen LogP contribution in [0.4, 0.5) is 0 Å². The summed E-state index contributed by atoms with van der Waals surface area (Å²) >= 11 is 1.58. The van der Waals surface area contributed by atoms with E-state index in [1.54, 1.807) is 11.8 Å². The van der Waals surface area contributed by atoms with Gasteiger partial charge in [0.2, 0.25) is 11.8 Å². The molecule has 0 amide bonds. The standard InChI is InChI=1S/C23H24N6OS/c1-3-9-18(10-4-1)15-29-20(16-28-13-7-8-14-28)24-27-23(29)31-17-21-25-26-22(30-21)19-11-5-2-6-12-19/h1-6,9-12H,7-8,13-17H2. The Balaban J connectivity index is 1.33. The second kappa shape index (κ2) is 9.45. The molecule has 2 aromatic heterocycles. The predicted octanol–water partition coefficient (Wildman–Crippen LogP) is 4.26. The zero-order valence-corrected chi connectivity index (χ0v) is 18.0. The number of aromatic nitrogens is 5. The average Bonchev–Trinajstić information content (AvgIpc) is 3.57. The summed E-state index contributed by atoms with van der Waals surface area (Å²) in [6.45, 7) is 3.84. The zero-order chi connectivity index (χ0) is 20.9. The maximum Gasteiger partial charge on any atom is 0.247 e. The number of hydrogen-bond acceptors (Lipinski definition) is 7. The molecule has 1 aliphatic rings. The van der Waals surface area contributed by atoms with E-state index in [2.05, 4.69) is 54.1 Å². The van der Waals surface area contributed by atoms with Gasteiger partial charge in [-0.15, -0.1) is 20.4 Å². The van der Waals surface area contributed by atoms with Crippen molar-refractivity contribution in [1.82, 2.24) is 29.9 Å². The highest BCUT2D eigenvalue weighted by Gasteiger charge is 2.19. The summed E-state index contributed by atoms with van der Waals surface area (Å²) in [7, 11) is 0. The quantitative estimate of drug-likeness (QED) is 0.385. The molecule has 1 aliphatic heterocycles. The molecule has 0 bridgehead atoms. The fraction of sp³-hybridized carbons (Fsp3) is 0.304. The van der Waals surface area contributed by atoms with Gasteiger partial charge in [-0.3, -0.25) is 4.90 Å². The van der Waals surface area contributed by atoms with Crippen molar-refractivity contribution in [3.63, 3.8) is 0 Å².